The van der Waals surface area contributed by atoms with E-state index in [1.165, 1.54) is 12.2 Å². The lowest BCUT2D eigenvalue weighted by atomic mass is 9.41. The number of imide groups is 1. The number of rotatable bonds is 3. The first-order valence-corrected chi connectivity index (χ1v) is 7.75. The average molecular weight is 319 g/mol. The smallest absolute Gasteiger partial charge is 0.309 e. The first-order chi connectivity index (χ1) is 10.7. The van der Waals surface area contributed by atoms with E-state index in [9.17, 15) is 29.4 Å². The normalized spacial score (nSPS) is 44.2. The van der Waals surface area contributed by atoms with Crippen molar-refractivity contribution < 1.29 is 29.4 Å². The molecule has 4 aliphatic carbocycles. The lowest BCUT2D eigenvalue weighted by Gasteiger charge is -2.65. The van der Waals surface area contributed by atoms with E-state index in [2.05, 4.69) is 0 Å². The van der Waals surface area contributed by atoms with Gasteiger partial charge in [-0.1, -0.05) is 0 Å². The second-order valence-corrected chi connectivity index (χ2v) is 7.75. The highest BCUT2D eigenvalue weighted by atomic mass is 16.4. The van der Waals surface area contributed by atoms with E-state index in [4.69, 9.17) is 0 Å². The molecule has 4 saturated carbocycles. The molecule has 5 rings (SSSR count). The molecule has 23 heavy (non-hydrogen) atoms. The quantitative estimate of drug-likeness (QED) is 0.744. The zero-order valence-corrected chi connectivity index (χ0v) is 12.4. The van der Waals surface area contributed by atoms with Crippen molar-refractivity contribution in [3.63, 3.8) is 0 Å². The molecule has 1 aliphatic heterocycles. The molecule has 2 amide bonds. The van der Waals surface area contributed by atoms with Crippen molar-refractivity contribution in [2.75, 3.05) is 0 Å². The van der Waals surface area contributed by atoms with Gasteiger partial charge in [0.2, 0.25) is 0 Å². The van der Waals surface area contributed by atoms with Crippen molar-refractivity contribution in [3.05, 3.63) is 12.2 Å². The van der Waals surface area contributed by atoms with Gasteiger partial charge in [-0.2, -0.15) is 0 Å². The highest BCUT2D eigenvalue weighted by Crippen LogP contribution is 2.68. The van der Waals surface area contributed by atoms with Crippen LogP contribution in [-0.2, 0) is 19.2 Å². The molecule has 122 valence electrons. The molecule has 0 saturated heterocycles. The lowest BCUT2D eigenvalue weighted by molar-refractivity contribution is -0.206. The van der Waals surface area contributed by atoms with Crippen molar-refractivity contribution in [2.45, 2.75) is 44.1 Å². The van der Waals surface area contributed by atoms with Gasteiger partial charge in [0, 0.05) is 12.2 Å². The molecule has 0 spiro atoms. The van der Waals surface area contributed by atoms with Crippen molar-refractivity contribution >= 4 is 23.8 Å². The van der Waals surface area contributed by atoms with Gasteiger partial charge in [0.1, 0.15) is 0 Å². The molecule has 7 nitrogen and oxygen atoms in total. The van der Waals surface area contributed by atoms with E-state index in [-0.39, 0.29) is 25.2 Å². The molecule has 5 aliphatic rings. The van der Waals surface area contributed by atoms with Gasteiger partial charge >= 0.3 is 11.9 Å². The van der Waals surface area contributed by atoms with Crippen molar-refractivity contribution in [3.8, 4) is 0 Å². The number of hydrogen-bond donors (Lipinski definition) is 2. The molecular weight excluding hydrogens is 302 g/mol. The predicted molar refractivity (Wildman–Crippen MR) is 75.1 cm³/mol. The summed E-state index contributed by atoms with van der Waals surface area (Å²) in [5.74, 6) is -3.02. The Labute approximate surface area is 131 Å². The Kier molecular flexibility index (Phi) is 2.52. The van der Waals surface area contributed by atoms with Crippen molar-refractivity contribution in [1.82, 2.24) is 4.90 Å². The Morgan fingerprint density at radius 2 is 1.39 bits per heavy atom. The summed E-state index contributed by atoms with van der Waals surface area (Å²) in [6.07, 6.45) is 4.16. The minimum atomic E-state index is -1.15. The third-order valence-electron chi connectivity index (χ3n) is 6.23. The molecule has 0 aromatic carbocycles. The molecule has 4 bridgehead atoms. The van der Waals surface area contributed by atoms with Crippen LogP contribution in [0.5, 0.6) is 0 Å². The zero-order valence-electron chi connectivity index (χ0n) is 12.4. The zero-order chi connectivity index (χ0) is 16.6. The van der Waals surface area contributed by atoms with Gasteiger partial charge in [-0.3, -0.25) is 24.1 Å². The van der Waals surface area contributed by atoms with Crippen molar-refractivity contribution in [1.29, 1.82) is 0 Å². The molecule has 4 fully saturated rings. The Morgan fingerprint density at radius 3 is 1.83 bits per heavy atom. The van der Waals surface area contributed by atoms with Gasteiger partial charge in [0.05, 0.1) is 16.4 Å². The number of carbonyl (C=O) groups is 4. The van der Waals surface area contributed by atoms with E-state index >= 15 is 0 Å². The summed E-state index contributed by atoms with van der Waals surface area (Å²) < 4.78 is 0. The SMILES string of the molecule is O=C1C=CC(=O)N1C12CC3CC(C(=O)O)(CC(C(=O)O)(C3)C1)C2. The van der Waals surface area contributed by atoms with Crippen LogP contribution < -0.4 is 0 Å². The molecular formula is C16H17NO6. The van der Waals surface area contributed by atoms with Crippen LogP contribution in [0.3, 0.4) is 0 Å². The first kappa shape index (κ1) is 14.4. The maximum absolute atomic E-state index is 12.2. The van der Waals surface area contributed by atoms with Crippen LogP contribution in [-0.4, -0.2) is 44.4 Å². The highest BCUT2D eigenvalue weighted by molar-refractivity contribution is 6.13. The molecule has 0 radical (unpaired) electrons. The Bertz CT molecular complexity index is 647. The Morgan fingerprint density at radius 1 is 0.913 bits per heavy atom. The molecule has 2 N–H and O–H groups in total. The molecule has 2 atom stereocenters. The van der Waals surface area contributed by atoms with Gasteiger partial charge in [-0.25, -0.2) is 0 Å². The fourth-order valence-corrected chi connectivity index (χ4v) is 5.98. The number of carboxylic acid groups (broad SMARTS) is 2. The molecule has 7 heteroatoms. The number of carboxylic acids is 2. The first-order valence-electron chi connectivity index (χ1n) is 7.75. The molecule has 0 aromatic rings. The number of amides is 2. The van der Waals surface area contributed by atoms with Crippen LogP contribution in [0.2, 0.25) is 0 Å². The van der Waals surface area contributed by atoms with Gasteiger partial charge in [0.15, 0.2) is 0 Å². The monoisotopic (exact) mass is 319 g/mol. The fourth-order valence-electron chi connectivity index (χ4n) is 5.98. The van der Waals surface area contributed by atoms with Crippen LogP contribution in [0.25, 0.3) is 0 Å². The summed E-state index contributed by atoms with van der Waals surface area (Å²) in [6.45, 7) is 0. The summed E-state index contributed by atoms with van der Waals surface area (Å²) in [5.41, 5.74) is -3.28. The topological polar surface area (TPSA) is 112 Å². The number of carbonyl (C=O) groups excluding carboxylic acids is 2. The molecule has 1 heterocycles. The highest BCUT2D eigenvalue weighted by Gasteiger charge is 2.70. The Hall–Kier alpha value is -2.18. The average Bonchev–Trinajstić information content (AvgIpc) is 2.77. The standard InChI is InChI=1S/C16H17NO6/c18-10-1-2-11(19)17(10)16-5-9-3-14(7-16,12(20)21)6-15(4-9,8-16)13(22)23/h1-2,9H,3-8H2,(H,20,21)(H,22,23). The second-order valence-electron chi connectivity index (χ2n) is 7.75. The van der Waals surface area contributed by atoms with Gasteiger partial charge < -0.3 is 10.2 Å². The van der Waals surface area contributed by atoms with Crippen LogP contribution in [0.15, 0.2) is 12.2 Å². The van der Waals surface area contributed by atoms with E-state index in [1.54, 1.807) is 0 Å². The van der Waals surface area contributed by atoms with Gasteiger partial charge in [-0.15, -0.1) is 0 Å². The van der Waals surface area contributed by atoms with Gasteiger partial charge in [0.25, 0.3) is 11.8 Å². The number of aliphatic carboxylic acids is 2. The minimum absolute atomic E-state index is 0.0837. The largest absolute Gasteiger partial charge is 0.481 e. The minimum Gasteiger partial charge on any atom is -0.481 e. The van der Waals surface area contributed by atoms with Crippen LogP contribution in [0.1, 0.15) is 38.5 Å². The van der Waals surface area contributed by atoms with E-state index in [1.807, 2.05) is 0 Å². The van der Waals surface area contributed by atoms with E-state index < -0.39 is 40.1 Å². The van der Waals surface area contributed by atoms with E-state index in [0.29, 0.717) is 19.3 Å². The lowest BCUT2D eigenvalue weighted by Crippen LogP contribution is -2.70. The van der Waals surface area contributed by atoms with Crippen LogP contribution >= 0.6 is 0 Å². The predicted octanol–water partition coefficient (Wildman–Crippen LogP) is 0.790. The third-order valence-corrected chi connectivity index (χ3v) is 6.23. The van der Waals surface area contributed by atoms with Crippen LogP contribution in [0, 0.1) is 16.7 Å². The maximum Gasteiger partial charge on any atom is 0.309 e. The van der Waals surface area contributed by atoms with Crippen molar-refractivity contribution in [2.24, 2.45) is 16.7 Å². The second kappa shape index (κ2) is 4.01. The fraction of sp³-hybridized carbons (Fsp3) is 0.625. The molecule has 0 aromatic heterocycles. The summed E-state index contributed by atoms with van der Waals surface area (Å²) in [5, 5.41) is 19.5. The summed E-state index contributed by atoms with van der Waals surface area (Å²) >= 11 is 0. The summed E-state index contributed by atoms with van der Waals surface area (Å²) in [4.78, 5) is 49.4. The maximum atomic E-state index is 12.2. The van der Waals surface area contributed by atoms with Gasteiger partial charge in [-0.05, 0) is 44.4 Å². The van der Waals surface area contributed by atoms with Crippen LogP contribution in [0.4, 0.5) is 0 Å². The number of hydrogen-bond acceptors (Lipinski definition) is 4. The summed E-state index contributed by atoms with van der Waals surface area (Å²) in [6, 6.07) is 0. The third kappa shape index (κ3) is 1.65. The molecule has 2 unspecified atom stereocenters. The number of nitrogens with zero attached hydrogens (tertiary/aromatic N) is 1. The Balaban J connectivity index is 1.86. The summed E-state index contributed by atoms with van der Waals surface area (Å²) in [7, 11) is 0. The van der Waals surface area contributed by atoms with E-state index in [0.717, 1.165) is 4.90 Å².